The molecule has 3 rings (SSSR count). The van der Waals surface area contributed by atoms with Crippen LogP contribution in [-0.2, 0) is 12.1 Å². The molecule has 1 saturated heterocycles. The first-order valence-corrected chi connectivity index (χ1v) is 6.87. The van der Waals surface area contributed by atoms with Crippen LogP contribution in [0.5, 0.6) is 0 Å². The van der Waals surface area contributed by atoms with Crippen LogP contribution in [0.2, 0.25) is 0 Å². The van der Waals surface area contributed by atoms with Crippen molar-refractivity contribution in [1.29, 1.82) is 0 Å². The van der Waals surface area contributed by atoms with E-state index in [1.807, 2.05) is 0 Å². The zero-order valence-corrected chi connectivity index (χ0v) is 10.5. The third-order valence-corrected chi connectivity index (χ3v) is 4.35. The van der Waals surface area contributed by atoms with Crippen molar-refractivity contribution < 1.29 is 0 Å². The number of benzene rings is 1. The van der Waals surface area contributed by atoms with Crippen molar-refractivity contribution in [2.24, 2.45) is 5.73 Å². The molecule has 1 aliphatic carbocycles. The molecule has 2 aliphatic rings. The van der Waals surface area contributed by atoms with E-state index < -0.39 is 0 Å². The Morgan fingerprint density at radius 1 is 1.12 bits per heavy atom. The molecule has 1 aliphatic heterocycles. The van der Waals surface area contributed by atoms with E-state index in [0.29, 0.717) is 0 Å². The number of nitrogens with zero attached hydrogens (tertiary/aromatic N) is 1. The summed E-state index contributed by atoms with van der Waals surface area (Å²) in [5, 5.41) is 0. The molecule has 1 aromatic rings. The summed E-state index contributed by atoms with van der Waals surface area (Å²) < 4.78 is 0. The number of likely N-dealkylation sites (tertiary alicyclic amines) is 1. The fourth-order valence-electron chi connectivity index (χ4n) is 3.02. The summed E-state index contributed by atoms with van der Waals surface area (Å²) in [5.41, 5.74) is 9.15. The number of rotatable bonds is 3. The van der Waals surface area contributed by atoms with Gasteiger partial charge < -0.3 is 5.73 Å². The fourth-order valence-corrected chi connectivity index (χ4v) is 3.02. The minimum Gasteiger partial charge on any atom is -0.321 e. The minimum atomic E-state index is -0.0129. The van der Waals surface area contributed by atoms with Crippen molar-refractivity contribution in [3.05, 3.63) is 35.4 Å². The lowest BCUT2D eigenvalue weighted by atomic mass is 9.72. The van der Waals surface area contributed by atoms with Crippen LogP contribution in [0.25, 0.3) is 0 Å². The largest absolute Gasteiger partial charge is 0.321 e. The van der Waals surface area contributed by atoms with E-state index in [4.69, 9.17) is 5.73 Å². The Bertz CT molecular complexity index is 390. The van der Waals surface area contributed by atoms with Crippen molar-refractivity contribution >= 4 is 0 Å². The van der Waals surface area contributed by atoms with Gasteiger partial charge in [0.1, 0.15) is 0 Å². The topological polar surface area (TPSA) is 29.3 Å². The predicted molar refractivity (Wildman–Crippen MR) is 70.7 cm³/mol. The second kappa shape index (κ2) is 4.43. The normalized spacial score (nSPS) is 23.6. The highest BCUT2D eigenvalue weighted by Gasteiger charge is 2.34. The second-order valence-corrected chi connectivity index (χ2v) is 5.69. The SMILES string of the molecule is NC1(c2cccc(CN3CCCC3)c2)CCC1. The summed E-state index contributed by atoms with van der Waals surface area (Å²) in [4.78, 5) is 2.54. The van der Waals surface area contributed by atoms with Gasteiger partial charge in [-0.15, -0.1) is 0 Å². The third kappa shape index (κ3) is 2.24. The number of hydrogen-bond donors (Lipinski definition) is 1. The van der Waals surface area contributed by atoms with Crippen LogP contribution in [0, 0.1) is 0 Å². The molecule has 2 fully saturated rings. The Morgan fingerprint density at radius 2 is 1.88 bits per heavy atom. The molecule has 92 valence electrons. The Kier molecular flexibility index (Phi) is 2.93. The first-order valence-electron chi connectivity index (χ1n) is 6.87. The number of nitrogens with two attached hydrogens (primary N) is 1. The van der Waals surface area contributed by atoms with E-state index in [2.05, 4.69) is 29.2 Å². The summed E-state index contributed by atoms with van der Waals surface area (Å²) in [7, 11) is 0. The Morgan fingerprint density at radius 3 is 2.53 bits per heavy atom. The van der Waals surface area contributed by atoms with Crippen LogP contribution in [0.4, 0.5) is 0 Å². The molecular weight excluding hydrogens is 208 g/mol. The van der Waals surface area contributed by atoms with Gasteiger partial charge in [-0.1, -0.05) is 24.3 Å². The van der Waals surface area contributed by atoms with Crippen LogP contribution in [0.1, 0.15) is 43.2 Å². The second-order valence-electron chi connectivity index (χ2n) is 5.69. The van der Waals surface area contributed by atoms with Crippen LogP contribution in [-0.4, -0.2) is 18.0 Å². The maximum absolute atomic E-state index is 6.39. The molecule has 0 amide bonds. The lowest BCUT2D eigenvalue weighted by Gasteiger charge is -2.39. The summed E-state index contributed by atoms with van der Waals surface area (Å²) in [5.74, 6) is 0. The van der Waals surface area contributed by atoms with Gasteiger partial charge in [-0.25, -0.2) is 0 Å². The molecule has 0 spiro atoms. The molecule has 1 heterocycles. The van der Waals surface area contributed by atoms with Gasteiger partial charge in [-0.05, 0) is 56.3 Å². The van der Waals surface area contributed by atoms with Gasteiger partial charge in [0.05, 0.1) is 0 Å². The standard InChI is InChI=1S/C15H22N2/c16-15(7-4-8-15)14-6-3-5-13(11-14)12-17-9-1-2-10-17/h3,5-6,11H,1-2,4,7-10,12,16H2. The van der Waals surface area contributed by atoms with E-state index >= 15 is 0 Å². The van der Waals surface area contributed by atoms with Crippen molar-refractivity contribution in [1.82, 2.24) is 4.90 Å². The van der Waals surface area contributed by atoms with Crippen LogP contribution in [0.15, 0.2) is 24.3 Å². The lowest BCUT2D eigenvalue weighted by Crippen LogP contribution is -2.43. The molecule has 2 nitrogen and oxygen atoms in total. The van der Waals surface area contributed by atoms with E-state index in [-0.39, 0.29) is 5.54 Å². The van der Waals surface area contributed by atoms with E-state index in [9.17, 15) is 0 Å². The summed E-state index contributed by atoms with van der Waals surface area (Å²) in [6, 6.07) is 8.95. The van der Waals surface area contributed by atoms with Gasteiger partial charge in [0.25, 0.3) is 0 Å². The predicted octanol–water partition coefficient (Wildman–Crippen LogP) is 2.62. The summed E-state index contributed by atoms with van der Waals surface area (Å²) >= 11 is 0. The fraction of sp³-hybridized carbons (Fsp3) is 0.600. The molecule has 2 N–H and O–H groups in total. The molecule has 0 radical (unpaired) electrons. The zero-order valence-electron chi connectivity index (χ0n) is 10.5. The Hall–Kier alpha value is -0.860. The summed E-state index contributed by atoms with van der Waals surface area (Å²) in [6.45, 7) is 3.62. The third-order valence-electron chi connectivity index (χ3n) is 4.35. The molecule has 17 heavy (non-hydrogen) atoms. The first-order chi connectivity index (χ1) is 8.26. The van der Waals surface area contributed by atoms with Crippen LogP contribution in [0.3, 0.4) is 0 Å². The molecule has 0 atom stereocenters. The molecule has 0 unspecified atom stereocenters. The smallest absolute Gasteiger partial charge is 0.0409 e. The van der Waals surface area contributed by atoms with Gasteiger partial charge >= 0.3 is 0 Å². The molecule has 0 aromatic heterocycles. The number of hydrogen-bond acceptors (Lipinski definition) is 2. The zero-order chi connectivity index (χ0) is 11.7. The minimum absolute atomic E-state index is 0.0129. The molecule has 1 saturated carbocycles. The van der Waals surface area contributed by atoms with Crippen molar-refractivity contribution in [2.45, 2.75) is 44.2 Å². The van der Waals surface area contributed by atoms with Gasteiger partial charge in [-0.2, -0.15) is 0 Å². The first kappa shape index (κ1) is 11.2. The van der Waals surface area contributed by atoms with E-state index in [1.165, 1.54) is 43.5 Å². The molecule has 0 bridgehead atoms. The summed E-state index contributed by atoms with van der Waals surface area (Å²) in [6.07, 6.45) is 6.31. The highest BCUT2D eigenvalue weighted by Crippen LogP contribution is 2.38. The van der Waals surface area contributed by atoms with E-state index in [0.717, 1.165) is 19.4 Å². The average molecular weight is 230 g/mol. The quantitative estimate of drug-likeness (QED) is 0.865. The maximum Gasteiger partial charge on any atom is 0.0409 e. The maximum atomic E-state index is 6.39. The Balaban J connectivity index is 1.74. The van der Waals surface area contributed by atoms with Crippen molar-refractivity contribution in [3.8, 4) is 0 Å². The average Bonchev–Trinajstić information content (AvgIpc) is 2.79. The van der Waals surface area contributed by atoms with Gasteiger partial charge in [0.15, 0.2) is 0 Å². The van der Waals surface area contributed by atoms with Crippen molar-refractivity contribution in [3.63, 3.8) is 0 Å². The monoisotopic (exact) mass is 230 g/mol. The van der Waals surface area contributed by atoms with Crippen molar-refractivity contribution in [2.75, 3.05) is 13.1 Å². The van der Waals surface area contributed by atoms with Gasteiger partial charge in [0.2, 0.25) is 0 Å². The lowest BCUT2D eigenvalue weighted by molar-refractivity contribution is 0.253. The van der Waals surface area contributed by atoms with Crippen LogP contribution < -0.4 is 5.73 Å². The van der Waals surface area contributed by atoms with Gasteiger partial charge in [0, 0.05) is 12.1 Å². The highest BCUT2D eigenvalue weighted by atomic mass is 15.1. The molecular formula is C15H22N2. The van der Waals surface area contributed by atoms with E-state index in [1.54, 1.807) is 0 Å². The van der Waals surface area contributed by atoms with Crippen LogP contribution >= 0.6 is 0 Å². The molecule has 2 heteroatoms. The Labute approximate surface area is 104 Å². The highest BCUT2D eigenvalue weighted by molar-refractivity contribution is 5.31. The van der Waals surface area contributed by atoms with Gasteiger partial charge in [-0.3, -0.25) is 4.90 Å². The molecule has 1 aromatic carbocycles.